The first kappa shape index (κ1) is 9.33. The lowest BCUT2D eigenvalue weighted by Gasteiger charge is -2.24. The van der Waals surface area contributed by atoms with Crippen molar-refractivity contribution in [3.63, 3.8) is 0 Å². The molecule has 1 saturated carbocycles. The van der Waals surface area contributed by atoms with Crippen LogP contribution in [-0.4, -0.2) is 20.8 Å². The molecular formula is C11H18N4. The summed E-state index contributed by atoms with van der Waals surface area (Å²) in [6.45, 7) is 3.10. The van der Waals surface area contributed by atoms with Gasteiger partial charge in [-0.25, -0.2) is 9.67 Å². The molecule has 4 heteroatoms. The minimum Gasteiger partial charge on any atom is -0.328 e. The molecule has 3 rings (SSSR count). The minimum absolute atomic E-state index is 0.278. The largest absolute Gasteiger partial charge is 0.328 e. The molecule has 82 valence electrons. The fraction of sp³-hybridized carbons (Fsp3) is 0.818. The molecule has 0 aromatic carbocycles. The molecule has 2 atom stereocenters. The van der Waals surface area contributed by atoms with E-state index in [0.29, 0.717) is 11.8 Å². The van der Waals surface area contributed by atoms with Crippen LogP contribution in [0.1, 0.15) is 43.8 Å². The van der Waals surface area contributed by atoms with E-state index in [0.717, 1.165) is 31.0 Å². The average Bonchev–Trinajstić information content (AvgIpc) is 2.97. The van der Waals surface area contributed by atoms with Gasteiger partial charge in [0.25, 0.3) is 0 Å². The predicted molar refractivity (Wildman–Crippen MR) is 57.5 cm³/mol. The van der Waals surface area contributed by atoms with Crippen molar-refractivity contribution < 1.29 is 0 Å². The van der Waals surface area contributed by atoms with E-state index < -0.39 is 0 Å². The van der Waals surface area contributed by atoms with E-state index in [4.69, 9.17) is 5.73 Å². The fourth-order valence-corrected chi connectivity index (χ4v) is 2.31. The molecule has 2 heterocycles. The third-order valence-corrected chi connectivity index (χ3v) is 3.61. The van der Waals surface area contributed by atoms with Crippen molar-refractivity contribution in [2.45, 2.75) is 51.1 Å². The van der Waals surface area contributed by atoms with Crippen LogP contribution in [0.2, 0.25) is 0 Å². The van der Waals surface area contributed by atoms with E-state index in [1.165, 1.54) is 12.8 Å². The normalized spacial score (nSPS) is 27.5. The molecule has 1 aliphatic heterocycles. The van der Waals surface area contributed by atoms with Gasteiger partial charge in [-0.1, -0.05) is 0 Å². The third-order valence-electron chi connectivity index (χ3n) is 3.61. The molecule has 4 nitrogen and oxygen atoms in total. The highest BCUT2D eigenvalue weighted by atomic mass is 15.4. The summed E-state index contributed by atoms with van der Waals surface area (Å²) in [5.41, 5.74) is 5.95. The Morgan fingerprint density at radius 1 is 1.40 bits per heavy atom. The molecule has 2 N–H and O–H groups in total. The highest BCUT2D eigenvalue weighted by Crippen LogP contribution is 2.38. The lowest BCUT2D eigenvalue weighted by Crippen LogP contribution is -2.33. The molecule has 0 amide bonds. The van der Waals surface area contributed by atoms with E-state index in [1.807, 2.05) is 0 Å². The van der Waals surface area contributed by atoms with Crippen molar-refractivity contribution in [2.24, 2.45) is 11.7 Å². The summed E-state index contributed by atoms with van der Waals surface area (Å²) < 4.78 is 2.09. The van der Waals surface area contributed by atoms with E-state index in [2.05, 4.69) is 21.7 Å². The van der Waals surface area contributed by atoms with Crippen molar-refractivity contribution in [1.82, 2.24) is 14.8 Å². The van der Waals surface area contributed by atoms with Gasteiger partial charge >= 0.3 is 0 Å². The number of aryl methyl sites for hydroxylation is 1. The van der Waals surface area contributed by atoms with Crippen LogP contribution in [-0.2, 0) is 13.0 Å². The summed E-state index contributed by atoms with van der Waals surface area (Å²) >= 11 is 0. The van der Waals surface area contributed by atoms with Crippen LogP contribution >= 0.6 is 0 Å². The second-order valence-corrected chi connectivity index (χ2v) is 5.00. The number of hydrogen-bond acceptors (Lipinski definition) is 3. The maximum absolute atomic E-state index is 5.95. The van der Waals surface area contributed by atoms with Crippen molar-refractivity contribution in [1.29, 1.82) is 0 Å². The van der Waals surface area contributed by atoms with Gasteiger partial charge in [0.1, 0.15) is 5.82 Å². The quantitative estimate of drug-likeness (QED) is 0.787. The average molecular weight is 206 g/mol. The topological polar surface area (TPSA) is 56.7 Å². The Balaban J connectivity index is 1.82. The third kappa shape index (κ3) is 1.67. The minimum atomic E-state index is 0.278. The standard InChI is InChI=1S/C11H18N4/c1-7(12)9-4-5-15-10(6-9)13-11(14-15)8-2-3-8/h7-9H,2-6,12H2,1H3. The summed E-state index contributed by atoms with van der Waals surface area (Å²) in [6, 6.07) is 0.278. The number of rotatable bonds is 2. The first-order chi connectivity index (χ1) is 7.24. The lowest BCUT2D eigenvalue weighted by molar-refractivity contribution is 0.323. The molecular weight excluding hydrogens is 188 g/mol. The molecule has 2 aliphatic rings. The molecule has 0 spiro atoms. The van der Waals surface area contributed by atoms with E-state index >= 15 is 0 Å². The van der Waals surface area contributed by atoms with Crippen molar-refractivity contribution >= 4 is 0 Å². The van der Waals surface area contributed by atoms with Crippen LogP contribution in [0.5, 0.6) is 0 Å². The fourth-order valence-electron chi connectivity index (χ4n) is 2.31. The molecule has 1 aliphatic carbocycles. The van der Waals surface area contributed by atoms with Gasteiger partial charge in [-0.15, -0.1) is 0 Å². The van der Waals surface area contributed by atoms with Gasteiger partial charge in [0.2, 0.25) is 0 Å². The van der Waals surface area contributed by atoms with Gasteiger partial charge in [-0.3, -0.25) is 0 Å². The Hall–Kier alpha value is -0.900. The predicted octanol–water partition coefficient (Wildman–Crippen LogP) is 1.07. The molecule has 15 heavy (non-hydrogen) atoms. The van der Waals surface area contributed by atoms with E-state index in [9.17, 15) is 0 Å². The Kier molecular flexibility index (Phi) is 2.06. The smallest absolute Gasteiger partial charge is 0.154 e. The van der Waals surface area contributed by atoms with Gasteiger partial charge in [0, 0.05) is 24.9 Å². The Morgan fingerprint density at radius 2 is 2.20 bits per heavy atom. The number of nitrogens with zero attached hydrogens (tertiary/aromatic N) is 3. The van der Waals surface area contributed by atoms with Crippen LogP contribution in [0.25, 0.3) is 0 Å². The molecule has 0 radical (unpaired) electrons. The maximum atomic E-state index is 5.95. The monoisotopic (exact) mass is 206 g/mol. The second-order valence-electron chi connectivity index (χ2n) is 5.00. The molecule has 2 unspecified atom stereocenters. The highest BCUT2D eigenvalue weighted by molar-refractivity contribution is 5.07. The summed E-state index contributed by atoms with van der Waals surface area (Å²) in [4.78, 5) is 4.64. The summed E-state index contributed by atoms with van der Waals surface area (Å²) in [5, 5.41) is 4.57. The van der Waals surface area contributed by atoms with Gasteiger partial charge < -0.3 is 5.73 Å². The van der Waals surface area contributed by atoms with Crippen LogP contribution < -0.4 is 5.73 Å². The van der Waals surface area contributed by atoms with E-state index in [-0.39, 0.29) is 6.04 Å². The van der Waals surface area contributed by atoms with Gasteiger partial charge in [0.05, 0.1) is 0 Å². The number of fused-ring (bicyclic) bond motifs is 1. The lowest BCUT2D eigenvalue weighted by atomic mass is 9.92. The highest BCUT2D eigenvalue weighted by Gasteiger charge is 2.31. The molecule has 0 bridgehead atoms. The van der Waals surface area contributed by atoms with Crippen LogP contribution in [0.4, 0.5) is 0 Å². The zero-order valence-corrected chi connectivity index (χ0v) is 9.19. The molecule has 1 aromatic heterocycles. The van der Waals surface area contributed by atoms with E-state index in [1.54, 1.807) is 0 Å². The number of hydrogen-bond donors (Lipinski definition) is 1. The van der Waals surface area contributed by atoms with Crippen molar-refractivity contribution in [2.75, 3.05) is 0 Å². The molecule has 1 fully saturated rings. The van der Waals surface area contributed by atoms with Crippen LogP contribution in [0, 0.1) is 5.92 Å². The first-order valence-corrected chi connectivity index (χ1v) is 5.93. The van der Waals surface area contributed by atoms with Crippen molar-refractivity contribution in [3.05, 3.63) is 11.6 Å². The Labute approximate surface area is 89.9 Å². The van der Waals surface area contributed by atoms with Gasteiger partial charge in [0.15, 0.2) is 5.82 Å². The summed E-state index contributed by atoms with van der Waals surface area (Å²) in [7, 11) is 0. The summed E-state index contributed by atoms with van der Waals surface area (Å²) in [5.74, 6) is 3.49. The number of aromatic nitrogens is 3. The van der Waals surface area contributed by atoms with Crippen LogP contribution in [0.15, 0.2) is 0 Å². The maximum Gasteiger partial charge on any atom is 0.154 e. The van der Waals surface area contributed by atoms with Gasteiger partial charge in [-0.05, 0) is 32.1 Å². The first-order valence-electron chi connectivity index (χ1n) is 5.93. The summed E-state index contributed by atoms with van der Waals surface area (Å²) in [6.07, 6.45) is 4.72. The second kappa shape index (κ2) is 3.30. The zero-order valence-electron chi connectivity index (χ0n) is 9.19. The molecule has 1 aromatic rings. The molecule has 0 saturated heterocycles. The Morgan fingerprint density at radius 3 is 2.87 bits per heavy atom. The van der Waals surface area contributed by atoms with Crippen LogP contribution in [0.3, 0.4) is 0 Å². The zero-order chi connectivity index (χ0) is 10.4. The Bertz CT molecular complexity index is 365. The van der Waals surface area contributed by atoms with Gasteiger partial charge in [-0.2, -0.15) is 5.10 Å². The van der Waals surface area contributed by atoms with Crippen molar-refractivity contribution in [3.8, 4) is 0 Å². The number of nitrogens with two attached hydrogens (primary N) is 1. The SMILES string of the molecule is CC(N)C1CCn2nc(C3CC3)nc2C1.